The summed E-state index contributed by atoms with van der Waals surface area (Å²) in [5.41, 5.74) is 3.73. The topological polar surface area (TPSA) is 54.3 Å². The van der Waals surface area contributed by atoms with Crippen LogP contribution in [0.4, 0.5) is 4.39 Å². The lowest BCUT2D eigenvalue weighted by molar-refractivity contribution is -0.0600. The number of aliphatic hydroxyl groups is 1. The van der Waals surface area contributed by atoms with Gasteiger partial charge in [0.2, 0.25) is 0 Å². The fourth-order valence-corrected chi connectivity index (χ4v) is 3.66. The Hall–Kier alpha value is -2.28. The van der Waals surface area contributed by atoms with E-state index in [0.717, 1.165) is 22.4 Å². The van der Waals surface area contributed by atoms with Gasteiger partial charge in [-0.05, 0) is 51.0 Å². The number of rotatable bonds is 9. The van der Waals surface area contributed by atoms with Crippen molar-refractivity contribution in [2.24, 2.45) is 5.16 Å². The van der Waals surface area contributed by atoms with E-state index < -0.39 is 6.10 Å². The molecule has 2 aromatic carbocycles. The van der Waals surface area contributed by atoms with Crippen LogP contribution >= 0.6 is 0 Å². The molecule has 2 atom stereocenters. The molecule has 2 aromatic rings. The zero-order valence-electron chi connectivity index (χ0n) is 18.8. The van der Waals surface area contributed by atoms with E-state index in [2.05, 4.69) is 29.1 Å². The summed E-state index contributed by atoms with van der Waals surface area (Å²) in [4.78, 5) is 7.80. The summed E-state index contributed by atoms with van der Waals surface area (Å²) in [7, 11) is 0. The van der Waals surface area contributed by atoms with Crippen LogP contribution in [-0.4, -0.2) is 53.2 Å². The first-order valence-electron chi connectivity index (χ1n) is 10.8. The molecule has 5 nitrogen and oxygen atoms in total. The molecule has 0 radical (unpaired) electrons. The van der Waals surface area contributed by atoms with Crippen LogP contribution in [0, 0.1) is 12.7 Å². The third-order valence-electron chi connectivity index (χ3n) is 5.12. The number of hydrogen-bond donors (Lipinski definition) is 1. The van der Waals surface area contributed by atoms with Crippen molar-refractivity contribution in [3.05, 3.63) is 71.0 Å². The van der Waals surface area contributed by atoms with Crippen LogP contribution in [0.5, 0.6) is 0 Å². The molecule has 0 saturated heterocycles. The number of nitrogens with zero attached hydrogens (tertiary/aromatic N) is 2. The minimum absolute atomic E-state index is 0.126. The number of benzene rings is 2. The minimum Gasteiger partial charge on any atom is -0.390 e. The first-order chi connectivity index (χ1) is 14.7. The molecule has 31 heavy (non-hydrogen) atoms. The molecule has 0 aromatic heterocycles. The molecule has 1 aliphatic rings. The van der Waals surface area contributed by atoms with E-state index in [-0.39, 0.29) is 24.1 Å². The van der Waals surface area contributed by atoms with Gasteiger partial charge in [0, 0.05) is 31.6 Å². The second kappa shape index (κ2) is 10.4. The van der Waals surface area contributed by atoms with Crippen LogP contribution in [0.1, 0.15) is 43.9 Å². The second-order valence-electron chi connectivity index (χ2n) is 9.19. The van der Waals surface area contributed by atoms with Crippen molar-refractivity contribution < 1.29 is 19.1 Å². The summed E-state index contributed by atoms with van der Waals surface area (Å²) in [5.74, 6) is -0.267. The van der Waals surface area contributed by atoms with E-state index in [9.17, 15) is 9.50 Å². The highest BCUT2D eigenvalue weighted by Crippen LogP contribution is 2.21. The number of ether oxygens (including phenoxy) is 1. The highest BCUT2D eigenvalue weighted by molar-refractivity contribution is 6.02. The molecule has 6 heteroatoms. The lowest BCUT2D eigenvalue weighted by Crippen LogP contribution is -2.40. The van der Waals surface area contributed by atoms with Gasteiger partial charge in [0.25, 0.3) is 0 Å². The summed E-state index contributed by atoms with van der Waals surface area (Å²) in [5, 5.41) is 14.9. The van der Waals surface area contributed by atoms with E-state index in [4.69, 9.17) is 9.57 Å². The first-order valence-corrected chi connectivity index (χ1v) is 10.8. The van der Waals surface area contributed by atoms with Gasteiger partial charge < -0.3 is 14.7 Å². The Morgan fingerprint density at radius 1 is 1.23 bits per heavy atom. The molecule has 1 heterocycles. The number of aliphatic hydroxyl groups excluding tert-OH is 1. The fraction of sp³-hybridized carbons (Fsp3) is 0.480. The zero-order chi connectivity index (χ0) is 22.4. The number of halogens is 1. The van der Waals surface area contributed by atoms with Gasteiger partial charge in [-0.2, -0.15) is 0 Å². The summed E-state index contributed by atoms with van der Waals surface area (Å²) >= 11 is 0. The third-order valence-corrected chi connectivity index (χ3v) is 5.12. The predicted molar refractivity (Wildman–Crippen MR) is 121 cm³/mol. The molecule has 0 bridgehead atoms. The van der Waals surface area contributed by atoms with Gasteiger partial charge in [-0.25, -0.2) is 4.39 Å². The Balaban J connectivity index is 1.64. The van der Waals surface area contributed by atoms with Crippen LogP contribution in [0.2, 0.25) is 0 Å². The van der Waals surface area contributed by atoms with Crippen LogP contribution in [0.15, 0.2) is 53.7 Å². The zero-order valence-corrected chi connectivity index (χ0v) is 18.8. The average molecular weight is 429 g/mol. The Morgan fingerprint density at radius 3 is 2.71 bits per heavy atom. The van der Waals surface area contributed by atoms with Crippen molar-refractivity contribution in [1.82, 2.24) is 4.90 Å². The van der Waals surface area contributed by atoms with E-state index >= 15 is 0 Å². The van der Waals surface area contributed by atoms with E-state index in [1.165, 1.54) is 12.1 Å². The fourth-order valence-electron chi connectivity index (χ4n) is 3.66. The van der Waals surface area contributed by atoms with Crippen molar-refractivity contribution in [1.29, 1.82) is 0 Å². The van der Waals surface area contributed by atoms with Gasteiger partial charge in [-0.15, -0.1) is 0 Å². The maximum absolute atomic E-state index is 13.7. The van der Waals surface area contributed by atoms with E-state index in [1.54, 1.807) is 6.07 Å². The Morgan fingerprint density at radius 2 is 2.00 bits per heavy atom. The molecule has 0 amide bonds. The second-order valence-corrected chi connectivity index (χ2v) is 9.19. The third kappa shape index (κ3) is 7.42. The first kappa shape index (κ1) is 23.4. The monoisotopic (exact) mass is 428 g/mol. The summed E-state index contributed by atoms with van der Waals surface area (Å²) in [6.45, 7) is 9.65. The van der Waals surface area contributed by atoms with Crippen LogP contribution in [0.25, 0.3) is 0 Å². The molecular formula is C25H33FN2O3. The molecule has 0 saturated carbocycles. The van der Waals surface area contributed by atoms with Crippen LogP contribution in [0.3, 0.4) is 0 Å². The van der Waals surface area contributed by atoms with Gasteiger partial charge in [-0.1, -0.05) is 41.6 Å². The lowest BCUT2D eigenvalue weighted by atomic mass is 10.00. The van der Waals surface area contributed by atoms with Crippen LogP contribution in [-0.2, 0) is 16.1 Å². The Bertz CT molecular complexity index is 894. The van der Waals surface area contributed by atoms with Crippen molar-refractivity contribution >= 4 is 5.71 Å². The maximum atomic E-state index is 13.7. The molecule has 1 N–H and O–H groups in total. The normalized spacial score (nSPS) is 17.5. The smallest absolute Gasteiger partial charge is 0.145 e. The van der Waals surface area contributed by atoms with Crippen molar-refractivity contribution in [3.63, 3.8) is 0 Å². The maximum Gasteiger partial charge on any atom is 0.145 e. The Labute approximate surface area is 184 Å². The number of hydrogen-bond acceptors (Lipinski definition) is 5. The molecule has 0 aliphatic carbocycles. The molecule has 0 unspecified atom stereocenters. The molecule has 1 aliphatic heterocycles. The SMILES string of the molecule is Cc1ccccc1C1=NO[C@@H](CN(Cc2cccc(F)c2)C[C@H](O)COC(C)(C)C)C1. The molecule has 0 fully saturated rings. The minimum atomic E-state index is -0.661. The van der Waals surface area contributed by atoms with Crippen LogP contribution < -0.4 is 0 Å². The van der Waals surface area contributed by atoms with Crippen molar-refractivity contribution in [2.75, 3.05) is 19.7 Å². The van der Waals surface area contributed by atoms with Gasteiger partial charge in [-0.3, -0.25) is 4.90 Å². The average Bonchev–Trinajstić information content (AvgIpc) is 3.14. The van der Waals surface area contributed by atoms with Gasteiger partial charge in [0.1, 0.15) is 11.9 Å². The molecule has 168 valence electrons. The van der Waals surface area contributed by atoms with Crippen molar-refractivity contribution in [2.45, 2.75) is 58.5 Å². The van der Waals surface area contributed by atoms with Gasteiger partial charge in [0.05, 0.1) is 24.0 Å². The van der Waals surface area contributed by atoms with Crippen molar-refractivity contribution in [3.8, 4) is 0 Å². The number of aryl methyl sites for hydroxylation is 1. The number of oxime groups is 1. The predicted octanol–water partition coefficient (Wildman–Crippen LogP) is 4.31. The highest BCUT2D eigenvalue weighted by atomic mass is 19.1. The summed E-state index contributed by atoms with van der Waals surface area (Å²) in [6, 6.07) is 14.7. The molecule has 0 spiro atoms. The lowest BCUT2D eigenvalue weighted by Gasteiger charge is -2.28. The largest absolute Gasteiger partial charge is 0.390 e. The molecular weight excluding hydrogens is 395 g/mol. The quantitative estimate of drug-likeness (QED) is 0.647. The summed E-state index contributed by atoms with van der Waals surface area (Å²) in [6.07, 6.45) is -0.0936. The standard InChI is InChI=1S/C25H33FN2O3/c1-18-8-5-6-11-23(18)24-13-22(31-27-24)16-28(14-19-9-7-10-20(26)12-19)15-21(29)17-30-25(2,3)4/h5-12,21-22,29H,13-17H2,1-4H3/t21-,22+/m0/s1. The Kier molecular flexibility index (Phi) is 7.81. The highest BCUT2D eigenvalue weighted by Gasteiger charge is 2.26. The molecule has 3 rings (SSSR count). The van der Waals surface area contributed by atoms with Gasteiger partial charge >= 0.3 is 0 Å². The van der Waals surface area contributed by atoms with E-state index in [0.29, 0.717) is 26.1 Å². The van der Waals surface area contributed by atoms with E-state index in [1.807, 2.05) is 39.0 Å². The van der Waals surface area contributed by atoms with Gasteiger partial charge in [0.15, 0.2) is 0 Å². The summed E-state index contributed by atoms with van der Waals surface area (Å²) < 4.78 is 19.4.